The molecule has 2 aliphatic rings. The van der Waals surface area contributed by atoms with Gasteiger partial charge >= 0.3 is 5.97 Å². The van der Waals surface area contributed by atoms with Crippen LogP contribution in [0.2, 0.25) is 0 Å². The molecule has 2 rings (SSSR count). The fourth-order valence-corrected chi connectivity index (χ4v) is 2.72. The first-order valence-corrected chi connectivity index (χ1v) is 4.87. The van der Waals surface area contributed by atoms with Crippen molar-refractivity contribution < 1.29 is 9.53 Å². The third kappa shape index (κ3) is 1.05. The van der Waals surface area contributed by atoms with E-state index in [1.54, 1.807) is 0 Å². The SMILES string of the molecule is CC1COC(=O)C2C1CC[C@@H]2C. The molecule has 0 bridgehead atoms. The van der Waals surface area contributed by atoms with E-state index in [0.29, 0.717) is 24.4 Å². The van der Waals surface area contributed by atoms with Crippen LogP contribution in [0.3, 0.4) is 0 Å². The largest absolute Gasteiger partial charge is 0.465 e. The number of hydrogen-bond acceptors (Lipinski definition) is 2. The third-order valence-electron chi connectivity index (χ3n) is 3.52. The molecule has 0 radical (unpaired) electrons. The van der Waals surface area contributed by atoms with Crippen molar-refractivity contribution in [2.24, 2.45) is 23.7 Å². The van der Waals surface area contributed by atoms with Crippen LogP contribution in [0.5, 0.6) is 0 Å². The zero-order valence-corrected chi connectivity index (χ0v) is 7.75. The molecule has 0 aromatic carbocycles. The molecule has 3 unspecified atom stereocenters. The molecule has 0 aromatic heterocycles. The summed E-state index contributed by atoms with van der Waals surface area (Å²) in [6.45, 7) is 5.01. The monoisotopic (exact) mass is 168 g/mol. The van der Waals surface area contributed by atoms with Gasteiger partial charge in [-0.25, -0.2) is 0 Å². The van der Waals surface area contributed by atoms with Crippen molar-refractivity contribution in [3.05, 3.63) is 0 Å². The molecule has 0 spiro atoms. The molecule has 2 fully saturated rings. The molecule has 1 aliphatic heterocycles. The maximum Gasteiger partial charge on any atom is 0.309 e. The molecule has 2 heteroatoms. The van der Waals surface area contributed by atoms with Crippen LogP contribution >= 0.6 is 0 Å². The van der Waals surface area contributed by atoms with E-state index in [9.17, 15) is 4.79 Å². The highest BCUT2D eigenvalue weighted by molar-refractivity contribution is 5.74. The maximum absolute atomic E-state index is 11.4. The van der Waals surface area contributed by atoms with Crippen LogP contribution in [-0.2, 0) is 9.53 Å². The average molecular weight is 168 g/mol. The van der Waals surface area contributed by atoms with Gasteiger partial charge in [0, 0.05) is 0 Å². The minimum atomic E-state index is 0.0584. The highest BCUT2D eigenvalue weighted by atomic mass is 16.5. The molecule has 0 amide bonds. The second-order valence-corrected chi connectivity index (χ2v) is 4.35. The second-order valence-electron chi connectivity index (χ2n) is 4.35. The Labute approximate surface area is 73.3 Å². The molecule has 12 heavy (non-hydrogen) atoms. The molecule has 1 heterocycles. The van der Waals surface area contributed by atoms with E-state index in [0.717, 1.165) is 0 Å². The first kappa shape index (κ1) is 8.09. The van der Waals surface area contributed by atoms with Crippen molar-refractivity contribution in [1.29, 1.82) is 0 Å². The van der Waals surface area contributed by atoms with Gasteiger partial charge in [-0.15, -0.1) is 0 Å². The minimum absolute atomic E-state index is 0.0584. The van der Waals surface area contributed by atoms with Crippen LogP contribution < -0.4 is 0 Å². The van der Waals surface area contributed by atoms with E-state index < -0.39 is 0 Å². The highest BCUT2D eigenvalue weighted by Crippen LogP contribution is 2.44. The van der Waals surface area contributed by atoms with Crippen LogP contribution in [0.1, 0.15) is 26.7 Å². The summed E-state index contributed by atoms with van der Waals surface area (Å²) in [4.78, 5) is 11.4. The molecule has 1 saturated carbocycles. The average Bonchev–Trinajstić information content (AvgIpc) is 2.42. The van der Waals surface area contributed by atoms with Crippen molar-refractivity contribution in [2.75, 3.05) is 6.61 Å². The van der Waals surface area contributed by atoms with Gasteiger partial charge in [0.15, 0.2) is 0 Å². The summed E-state index contributed by atoms with van der Waals surface area (Å²) in [7, 11) is 0. The Morgan fingerprint density at radius 1 is 1.25 bits per heavy atom. The topological polar surface area (TPSA) is 26.3 Å². The highest BCUT2D eigenvalue weighted by Gasteiger charge is 2.45. The van der Waals surface area contributed by atoms with E-state index in [1.165, 1.54) is 12.8 Å². The third-order valence-corrected chi connectivity index (χ3v) is 3.52. The fourth-order valence-electron chi connectivity index (χ4n) is 2.72. The zero-order valence-electron chi connectivity index (χ0n) is 7.75. The van der Waals surface area contributed by atoms with Gasteiger partial charge in [-0.3, -0.25) is 4.79 Å². The van der Waals surface area contributed by atoms with Gasteiger partial charge in [0.2, 0.25) is 0 Å². The summed E-state index contributed by atoms with van der Waals surface area (Å²) in [6, 6.07) is 0. The summed E-state index contributed by atoms with van der Waals surface area (Å²) >= 11 is 0. The van der Waals surface area contributed by atoms with Gasteiger partial charge in [-0.05, 0) is 30.6 Å². The van der Waals surface area contributed by atoms with Crippen LogP contribution in [-0.4, -0.2) is 12.6 Å². The lowest BCUT2D eigenvalue weighted by Crippen LogP contribution is -2.37. The predicted molar refractivity (Wildman–Crippen MR) is 45.5 cm³/mol. The van der Waals surface area contributed by atoms with Crippen LogP contribution in [0.4, 0.5) is 0 Å². The van der Waals surface area contributed by atoms with Crippen molar-refractivity contribution in [1.82, 2.24) is 0 Å². The van der Waals surface area contributed by atoms with E-state index >= 15 is 0 Å². The van der Waals surface area contributed by atoms with Gasteiger partial charge in [-0.1, -0.05) is 13.8 Å². The molecule has 4 atom stereocenters. The summed E-state index contributed by atoms with van der Waals surface area (Å²) < 4.78 is 5.14. The van der Waals surface area contributed by atoms with Crippen molar-refractivity contribution >= 4 is 5.97 Å². The lowest BCUT2D eigenvalue weighted by molar-refractivity contribution is -0.160. The van der Waals surface area contributed by atoms with Crippen LogP contribution in [0, 0.1) is 23.7 Å². The number of hydrogen-bond donors (Lipinski definition) is 0. The molecule has 1 aliphatic carbocycles. The van der Waals surface area contributed by atoms with Crippen LogP contribution in [0.25, 0.3) is 0 Å². The first-order chi connectivity index (χ1) is 5.70. The van der Waals surface area contributed by atoms with E-state index in [1.807, 2.05) is 0 Å². The minimum Gasteiger partial charge on any atom is -0.465 e. The lowest BCUT2D eigenvalue weighted by atomic mass is 9.81. The van der Waals surface area contributed by atoms with Gasteiger partial charge in [0.1, 0.15) is 0 Å². The van der Waals surface area contributed by atoms with Gasteiger partial charge in [0.25, 0.3) is 0 Å². The van der Waals surface area contributed by atoms with E-state index in [2.05, 4.69) is 13.8 Å². The number of carbonyl (C=O) groups is 1. The van der Waals surface area contributed by atoms with Gasteiger partial charge in [0.05, 0.1) is 12.5 Å². The normalized spacial score (nSPS) is 47.0. The number of rotatable bonds is 0. The van der Waals surface area contributed by atoms with Crippen molar-refractivity contribution in [3.63, 3.8) is 0 Å². The molecule has 1 saturated heterocycles. The number of esters is 1. The van der Waals surface area contributed by atoms with Crippen LogP contribution in [0.15, 0.2) is 0 Å². The Kier molecular flexibility index (Phi) is 1.85. The number of cyclic esters (lactones) is 1. The van der Waals surface area contributed by atoms with Gasteiger partial charge in [-0.2, -0.15) is 0 Å². The Morgan fingerprint density at radius 3 is 2.67 bits per heavy atom. The standard InChI is InChI=1S/C10H16O2/c1-6-3-4-8-7(2)5-12-10(11)9(6)8/h6-9H,3-5H2,1-2H3/t6-,7?,8?,9?/m0/s1. The Balaban J connectivity index is 2.18. The lowest BCUT2D eigenvalue weighted by Gasteiger charge is -2.31. The molecule has 0 N–H and O–H groups in total. The predicted octanol–water partition coefficient (Wildman–Crippen LogP) is 1.84. The Hall–Kier alpha value is -0.530. The van der Waals surface area contributed by atoms with Gasteiger partial charge < -0.3 is 4.74 Å². The second kappa shape index (κ2) is 2.75. The number of carbonyl (C=O) groups excluding carboxylic acids is 1. The fraction of sp³-hybridized carbons (Fsp3) is 0.900. The summed E-state index contributed by atoms with van der Waals surface area (Å²) in [5, 5.41) is 0. The smallest absolute Gasteiger partial charge is 0.309 e. The molecular formula is C10H16O2. The number of ether oxygens (including phenoxy) is 1. The van der Waals surface area contributed by atoms with Crippen molar-refractivity contribution in [2.45, 2.75) is 26.7 Å². The Bertz CT molecular complexity index is 200. The first-order valence-electron chi connectivity index (χ1n) is 4.87. The summed E-state index contributed by atoms with van der Waals surface area (Å²) in [5.41, 5.74) is 0. The van der Waals surface area contributed by atoms with E-state index in [-0.39, 0.29) is 11.9 Å². The molecule has 68 valence electrons. The Morgan fingerprint density at radius 2 is 2.00 bits per heavy atom. The van der Waals surface area contributed by atoms with E-state index in [4.69, 9.17) is 4.74 Å². The molecule has 0 aromatic rings. The molecule has 2 nitrogen and oxygen atoms in total. The zero-order chi connectivity index (χ0) is 8.72. The number of fused-ring (bicyclic) bond motifs is 1. The van der Waals surface area contributed by atoms with Crippen molar-refractivity contribution in [3.8, 4) is 0 Å². The summed E-state index contributed by atoms with van der Waals surface area (Å²) in [6.07, 6.45) is 2.43. The quantitative estimate of drug-likeness (QED) is 0.516. The summed E-state index contributed by atoms with van der Waals surface area (Å²) in [5.74, 6) is 2.01. The maximum atomic E-state index is 11.4. The molecular weight excluding hydrogens is 152 g/mol.